The highest BCUT2D eigenvalue weighted by molar-refractivity contribution is 9.09. The number of benzene rings is 1. The second kappa shape index (κ2) is 4.88. The summed E-state index contributed by atoms with van der Waals surface area (Å²) in [5, 5.41) is 13.2. The van der Waals surface area contributed by atoms with Crippen molar-refractivity contribution in [2.45, 2.75) is 6.92 Å². The first kappa shape index (κ1) is 11.6. The number of hydrogen-bond donors (Lipinski definition) is 1. The van der Waals surface area contributed by atoms with Crippen LogP contribution in [0.2, 0.25) is 0 Å². The fourth-order valence-electron chi connectivity index (χ4n) is 1.04. The van der Waals surface area contributed by atoms with Gasteiger partial charge in [-0.3, -0.25) is 14.9 Å². The highest BCUT2D eigenvalue weighted by Gasteiger charge is 2.09. The molecule has 0 radical (unpaired) electrons. The van der Waals surface area contributed by atoms with Crippen LogP contribution in [0.3, 0.4) is 0 Å². The van der Waals surface area contributed by atoms with Crippen LogP contribution in [-0.2, 0) is 4.79 Å². The molecule has 1 amide bonds. The normalized spacial score (nSPS) is 9.73. The van der Waals surface area contributed by atoms with E-state index in [1.165, 1.54) is 12.1 Å². The number of alkyl halides is 1. The number of nitro benzene ring substituents is 1. The van der Waals surface area contributed by atoms with E-state index >= 15 is 0 Å². The van der Waals surface area contributed by atoms with Crippen LogP contribution >= 0.6 is 15.9 Å². The van der Waals surface area contributed by atoms with Crippen molar-refractivity contribution < 1.29 is 9.72 Å². The number of rotatable bonds is 3. The SMILES string of the molecule is Cc1ccc([N+](=O)[O-])cc1NC(=O)CBr. The average molecular weight is 273 g/mol. The van der Waals surface area contributed by atoms with Gasteiger partial charge in [-0.15, -0.1) is 0 Å². The predicted octanol–water partition coefficient (Wildman–Crippen LogP) is 2.24. The average Bonchev–Trinajstić information content (AvgIpc) is 2.20. The second-order valence-electron chi connectivity index (χ2n) is 2.94. The summed E-state index contributed by atoms with van der Waals surface area (Å²) in [5.41, 5.74) is 1.22. The van der Waals surface area contributed by atoms with Gasteiger partial charge >= 0.3 is 0 Å². The minimum Gasteiger partial charge on any atom is -0.325 e. The lowest BCUT2D eigenvalue weighted by molar-refractivity contribution is -0.384. The quantitative estimate of drug-likeness (QED) is 0.521. The minimum atomic E-state index is -0.497. The first-order valence-electron chi connectivity index (χ1n) is 4.15. The van der Waals surface area contributed by atoms with E-state index in [1.54, 1.807) is 13.0 Å². The van der Waals surface area contributed by atoms with Crippen molar-refractivity contribution in [3.8, 4) is 0 Å². The molecule has 0 fully saturated rings. The fourth-order valence-corrected chi connectivity index (χ4v) is 1.18. The number of carbonyl (C=O) groups is 1. The third-order valence-corrected chi connectivity index (χ3v) is 2.34. The number of anilines is 1. The molecule has 15 heavy (non-hydrogen) atoms. The van der Waals surface area contributed by atoms with Crippen molar-refractivity contribution in [2.75, 3.05) is 10.6 Å². The molecule has 6 heteroatoms. The predicted molar refractivity (Wildman–Crippen MR) is 60.3 cm³/mol. The fraction of sp³-hybridized carbons (Fsp3) is 0.222. The molecule has 0 atom stereocenters. The van der Waals surface area contributed by atoms with Crippen molar-refractivity contribution in [1.82, 2.24) is 0 Å². The molecule has 1 N–H and O–H groups in total. The van der Waals surface area contributed by atoms with Gasteiger partial charge in [0.15, 0.2) is 0 Å². The lowest BCUT2D eigenvalue weighted by atomic mass is 10.2. The van der Waals surface area contributed by atoms with Crippen molar-refractivity contribution in [1.29, 1.82) is 0 Å². The molecule has 0 saturated heterocycles. The molecule has 0 aliphatic heterocycles. The molecule has 0 aromatic heterocycles. The second-order valence-corrected chi connectivity index (χ2v) is 3.50. The van der Waals surface area contributed by atoms with E-state index in [0.717, 1.165) is 5.56 Å². The van der Waals surface area contributed by atoms with E-state index in [0.29, 0.717) is 5.69 Å². The van der Waals surface area contributed by atoms with Crippen LogP contribution in [0, 0.1) is 17.0 Å². The van der Waals surface area contributed by atoms with E-state index in [9.17, 15) is 14.9 Å². The number of aryl methyl sites for hydroxylation is 1. The molecule has 0 bridgehead atoms. The van der Waals surface area contributed by atoms with Crippen molar-refractivity contribution in [2.24, 2.45) is 0 Å². The molecule has 80 valence electrons. The highest BCUT2D eigenvalue weighted by Crippen LogP contribution is 2.21. The Labute approximate surface area is 94.8 Å². The summed E-state index contributed by atoms with van der Waals surface area (Å²) in [6, 6.07) is 4.34. The number of nitro groups is 1. The van der Waals surface area contributed by atoms with Gasteiger partial charge in [-0.2, -0.15) is 0 Å². The molecule has 0 aliphatic carbocycles. The maximum absolute atomic E-state index is 11.1. The third-order valence-electron chi connectivity index (χ3n) is 1.83. The zero-order valence-corrected chi connectivity index (χ0v) is 9.58. The summed E-state index contributed by atoms with van der Waals surface area (Å²) in [7, 11) is 0. The number of nitrogens with zero attached hydrogens (tertiary/aromatic N) is 1. The molecule has 5 nitrogen and oxygen atoms in total. The van der Waals surface area contributed by atoms with E-state index in [2.05, 4.69) is 21.2 Å². The number of carbonyl (C=O) groups excluding carboxylic acids is 1. The Bertz CT molecular complexity index is 406. The number of nitrogens with one attached hydrogen (secondary N) is 1. The Hall–Kier alpha value is -1.43. The van der Waals surface area contributed by atoms with Crippen LogP contribution < -0.4 is 5.32 Å². The molecule has 1 aromatic rings. The molecule has 0 saturated carbocycles. The zero-order valence-electron chi connectivity index (χ0n) is 7.99. The monoisotopic (exact) mass is 272 g/mol. The number of hydrogen-bond acceptors (Lipinski definition) is 3. The maximum atomic E-state index is 11.1. The lowest BCUT2D eigenvalue weighted by Crippen LogP contribution is -2.13. The van der Waals surface area contributed by atoms with Gasteiger partial charge in [-0.25, -0.2) is 0 Å². The van der Waals surface area contributed by atoms with Crippen molar-refractivity contribution >= 4 is 33.2 Å². The standard InChI is InChI=1S/C9H9BrN2O3/c1-6-2-3-7(12(14)15)4-8(6)11-9(13)5-10/h2-4H,5H2,1H3,(H,11,13). The number of non-ortho nitro benzene ring substituents is 1. The largest absolute Gasteiger partial charge is 0.325 e. The molecular weight excluding hydrogens is 264 g/mol. The zero-order chi connectivity index (χ0) is 11.4. The molecule has 0 unspecified atom stereocenters. The molecule has 0 aliphatic rings. The van der Waals surface area contributed by atoms with Gasteiger partial charge in [0.05, 0.1) is 15.9 Å². The van der Waals surface area contributed by atoms with E-state index in [4.69, 9.17) is 0 Å². The van der Waals surface area contributed by atoms with Gasteiger partial charge in [-0.05, 0) is 12.5 Å². The Balaban J connectivity index is 3.00. The summed E-state index contributed by atoms with van der Waals surface area (Å²) in [6.45, 7) is 1.77. The van der Waals surface area contributed by atoms with Gasteiger partial charge in [0.1, 0.15) is 0 Å². The third kappa shape index (κ3) is 3.02. The first-order valence-corrected chi connectivity index (χ1v) is 5.27. The van der Waals surface area contributed by atoms with Gasteiger partial charge < -0.3 is 5.32 Å². The van der Waals surface area contributed by atoms with Gasteiger partial charge in [0.25, 0.3) is 5.69 Å². The Morgan fingerprint density at radius 2 is 2.27 bits per heavy atom. The van der Waals surface area contributed by atoms with Crippen LogP contribution in [0.25, 0.3) is 0 Å². The van der Waals surface area contributed by atoms with Crippen LogP contribution in [0.15, 0.2) is 18.2 Å². The van der Waals surface area contributed by atoms with Crippen LogP contribution in [0.1, 0.15) is 5.56 Å². The smallest absolute Gasteiger partial charge is 0.271 e. The van der Waals surface area contributed by atoms with E-state index < -0.39 is 4.92 Å². The summed E-state index contributed by atoms with van der Waals surface area (Å²) in [4.78, 5) is 21.1. The number of amides is 1. The molecule has 1 aromatic carbocycles. The lowest BCUT2D eigenvalue weighted by Gasteiger charge is -2.06. The minimum absolute atomic E-state index is 0.0366. The molecule has 0 spiro atoms. The number of halogens is 1. The van der Waals surface area contributed by atoms with Crippen molar-refractivity contribution in [3.05, 3.63) is 33.9 Å². The summed E-state index contributed by atoms with van der Waals surface area (Å²) in [5.74, 6) is -0.237. The topological polar surface area (TPSA) is 72.2 Å². The molecule has 1 rings (SSSR count). The van der Waals surface area contributed by atoms with Gasteiger partial charge in [-0.1, -0.05) is 22.0 Å². The van der Waals surface area contributed by atoms with E-state index in [-0.39, 0.29) is 16.9 Å². The van der Waals surface area contributed by atoms with Gasteiger partial charge in [0.2, 0.25) is 5.91 Å². The van der Waals surface area contributed by atoms with E-state index in [1.807, 2.05) is 0 Å². The highest BCUT2D eigenvalue weighted by atomic mass is 79.9. The Morgan fingerprint density at radius 3 is 2.80 bits per heavy atom. The van der Waals surface area contributed by atoms with Crippen LogP contribution in [-0.4, -0.2) is 16.2 Å². The summed E-state index contributed by atoms with van der Waals surface area (Å²) in [6.07, 6.45) is 0. The Kier molecular flexibility index (Phi) is 3.79. The summed E-state index contributed by atoms with van der Waals surface area (Å²) >= 11 is 3.00. The van der Waals surface area contributed by atoms with Crippen molar-refractivity contribution in [3.63, 3.8) is 0 Å². The van der Waals surface area contributed by atoms with Crippen LogP contribution in [0.5, 0.6) is 0 Å². The maximum Gasteiger partial charge on any atom is 0.271 e. The molecule has 0 heterocycles. The van der Waals surface area contributed by atoms with Crippen LogP contribution in [0.4, 0.5) is 11.4 Å². The Morgan fingerprint density at radius 1 is 1.60 bits per heavy atom. The summed E-state index contributed by atoms with van der Waals surface area (Å²) < 4.78 is 0. The van der Waals surface area contributed by atoms with Gasteiger partial charge in [0, 0.05) is 12.1 Å². The molecular formula is C9H9BrN2O3. The first-order chi connectivity index (χ1) is 7.04.